The number of benzene rings is 1. The first kappa shape index (κ1) is 11.3. The highest BCUT2D eigenvalue weighted by molar-refractivity contribution is 9.10. The molecule has 0 atom stereocenters. The Kier molecular flexibility index (Phi) is 2.59. The number of aromatic nitrogens is 3. The van der Waals surface area contributed by atoms with Gasteiger partial charge in [0, 0.05) is 22.8 Å². The summed E-state index contributed by atoms with van der Waals surface area (Å²) in [6.45, 7) is 0. The number of hydrogen-bond acceptors (Lipinski definition) is 2. The number of pyridine rings is 1. The van der Waals surface area contributed by atoms with Gasteiger partial charge in [0.2, 0.25) is 0 Å². The van der Waals surface area contributed by atoms with Gasteiger partial charge >= 0.3 is 0 Å². The number of fused-ring (bicyclic) bond motifs is 1. The molecule has 0 aliphatic heterocycles. The molecule has 0 bridgehead atoms. The summed E-state index contributed by atoms with van der Waals surface area (Å²) >= 11 is 3.28. The van der Waals surface area contributed by atoms with Crippen LogP contribution in [-0.2, 0) is 0 Å². The number of rotatable bonds is 1. The first-order chi connectivity index (χ1) is 8.63. The van der Waals surface area contributed by atoms with Gasteiger partial charge in [-0.2, -0.15) is 0 Å². The van der Waals surface area contributed by atoms with Gasteiger partial charge in [-0.25, -0.2) is 13.8 Å². The molecule has 0 aliphatic rings. The van der Waals surface area contributed by atoms with Crippen molar-refractivity contribution < 1.29 is 8.78 Å². The van der Waals surface area contributed by atoms with Crippen LogP contribution in [0.4, 0.5) is 8.78 Å². The molecule has 18 heavy (non-hydrogen) atoms. The highest BCUT2D eigenvalue weighted by Crippen LogP contribution is 2.22. The molecule has 2 heterocycles. The van der Waals surface area contributed by atoms with Crippen LogP contribution in [0.25, 0.3) is 22.6 Å². The van der Waals surface area contributed by atoms with Crippen molar-refractivity contribution in [3.8, 4) is 11.5 Å². The van der Waals surface area contributed by atoms with Gasteiger partial charge in [0.1, 0.15) is 5.69 Å². The van der Waals surface area contributed by atoms with Gasteiger partial charge < -0.3 is 4.98 Å². The van der Waals surface area contributed by atoms with Crippen molar-refractivity contribution >= 4 is 27.0 Å². The number of hydrogen-bond donors (Lipinski definition) is 1. The fourth-order valence-corrected chi connectivity index (χ4v) is 1.88. The molecule has 1 N–H and O–H groups in total. The lowest BCUT2D eigenvalue weighted by atomic mass is 10.3. The number of imidazole rings is 1. The lowest BCUT2D eigenvalue weighted by molar-refractivity contribution is 0.510. The summed E-state index contributed by atoms with van der Waals surface area (Å²) in [6.07, 6.45) is 1.63. The van der Waals surface area contributed by atoms with E-state index in [1.54, 1.807) is 12.3 Å². The molecule has 2 aromatic heterocycles. The van der Waals surface area contributed by atoms with Crippen molar-refractivity contribution in [1.29, 1.82) is 0 Å². The maximum Gasteiger partial charge on any atom is 0.161 e. The fourth-order valence-electron chi connectivity index (χ4n) is 1.64. The average Bonchev–Trinajstić information content (AvgIpc) is 2.73. The van der Waals surface area contributed by atoms with E-state index in [0.717, 1.165) is 16.6 Å². The number of H-pyrrole nitrogens is 1. The molecule has 0 aliphatic carbocycles. The van der Waals surface area contributed by atoms with Gasteiger partial charge in [-0.1, -0.05) is 0 Å². The summed E-state index contributed by atoms with van der Waals surface area (Å²) < 4.78 is 27.0. The van der Waals surface area contributed by atoms with Crippen molar-refractivity contribution in [2.24, 2.45) is 0 Å². The molecule has 1 aromatic carbocycles. The molecule has 6 heteroatoms. The summed E-state index contributed by atoms with van der Waals surface area (Å²) in [5, 5.41) is 0. The van der Waals surface area contributed by atoms with Crippen molar-refractivity contribution in [3.05, 3.63) is 46.6 Å². The van der Waals surface area contributed by atoms with Crippen LogP contribution in [-0.4, -0.2) is 15.0 Å². The van der Waals surface area contributed by atoms with Crippen molar-refractivity contribution in [3.63, 3.8) is 0 Å². The minimum Gasteiger partial charge on any atom is -0.337 e. The Labute approximate surface area is 109 Å². The van der Waals surface area contributed by atoms with Gasteiger partial charge in [0.05, 0.1) is 11.0 Å². The SMILES string of the molecule is Fc1cc2nc(-c3ccc(Br)cn3)[nH]c2cc1F. The third kappa shape index (κ3) is 1.88. The van der Waals surface area contributed by atoms with Gasteiger partial charge in [-0.3, -0.25) is 4.98 Å². The van der Waals surface area contributed by atoms with Crippen molar-refractivity contribution in [2.45, 2.75) is 0 Å². The van der Waals surface area contributed by atoms with Crippen LogP contribution in [0.15, 0.2) is 34.9 Å². The third-order valence-electron chi connectivity index (χ3n) is 2.49. The van der Waals surface area contributed by atoms with E-state index in [2.05, 4.69) is 30.9 Å². The molecule has 0 unspecified atom stereocenters. The lowest BCUT2D eigenvalue weighted by Gasteiger charge is -1.94. The largest absolute Gasteiger partial charge is 0.337 e. The molecule has 90 valence electrons. The van der Waals surface area contributed by atoms with Crippen LogP contribution in [0, 0.1) is 11.6 Å². The maximum absolute atomic E-state index is 13.1. The number of aromatic amines is 1. The maximum atomic E-state index is 13.1. The van der Waals surface area contributed by atoms with E-state index in [0.29, 0.717) is 22.6 Å². The third-order valence-corrected chi connectivity index (χ3v) is 2.96. The van der Waals surface area contributed by atoms with E-state index < -0.39 is 11.6 Å². The standard InChI is InChI=1S/C12H6BrF2N3/c13-6-1-2-9(16-5-6)12-17-10-3-7(14)8(15)4-11(10)18-12/h1-5H,(H,17,18). The first-order valence-corrected chi connectivity index (χ1v) is 5.89. The Bertz CT molecular complexity index is 683. The first-order valence-electron chi connectivity index (χ1n) is 5.10. The normalized spacial score (nSPS) is 11.1. The van der Waals surface area contributed by atoms with Crippen LogP contribution >= 0.6 is 15.9 Å². The van der Waals surface area contributed by atoms with Gasteiger partial charge in [0.25, 0.3) is 0 Å². The number of halogens is 3. The Morgan fingerprint density at radius 2 is 1.89 bits per heavy atom. The van der Waals surface area contributed by atoms with Gasteiger partial charge in [0.15, 0.2) is 17.5 Å². The summed E-state index contributed by atoms with van der Waals surface area (Å²) in [5.74, 6) is -1.34. The molecule has 0 fully saturated rings. The quantitative estimate of drug-likeness (QED) is 0.745. The predicted molar refractivity (Wildman–Crippen MR) is 66.9 cm³/mol. The monoisotopic (exact) mass is 309 g/mol. The molecular weight excluding hydrogens is 304 g/mol. The zero-order valence-corrected chi connectivity index (χ0v) is 10.5. The highest BCUT2D eigenvalue weighted by Gasteiger charge is 2.10. The van der Waals surface area contributed by atoms with E-state index in [9.17, 15) is 8.78 Å². The van der Waals surface area contributed by atoms with Crippen molar-refractivity contribution in [1.82, 2.24) is 15.0 Å². The second kappa shape index (κ2) is 4.13. The zero-order valence-electron chi connectivity index (χ0n) is 8.92. The summed E-state index contributed by atoms with van der Waals surface area (Å²) in [7, 11) is 0. The van der Waals surface area contributed by atoms with E-state index in [4.69, 9.17) is 0 Å². The van der Waals surface area contributed by atoms with Crippen LogP contribution in [0.2, 0.25) is 0 Å². The summed E-state index contributed by atoms with van der Waals surface area (Å²) in [5.41, 5.74) is 1.41. The molecule has 3 rings (SSSR count). The minimum atomic E-state index is -0.913. The summed E-state index contributed by atoms with van der Waals surface area (Å²) in [6, 6.07) is 5.72. The Hall–Kier alpha value is -1.82. The molecule has 0 saturated carbocycles. The van der Waals surface area contributed by atoms with Gasteiger partial charge in [-0.05, 0) is 28.1 Å². The van der Waals surface area contributed by atoms with Gasteiger partial charge in [-0.15, -0.1) is 0 Å². The predicted octanol–water partition coefficient (Wildman–Crippen LogP) is 3.67. The van der Waals surface area contributed by atoms with Crippen molar-refractivity contribution in [2.75, 3.05) is 0 Å². The highest BCUT2D eigenvalue weighted by atomic mass is 79.9. The van der Waals surface area contributed by atoms with E-state index in [-0.39, 0.29) is 0 Å². The second-order valence-corrected chi connectivity index (χ2v) is 4.65. The molecule has 0 saturated heterocycles. The zero-order chi connectivity index (χ0) is 12.7. The van der Waals surface area contributed by atoms with Crippen LogP contribution in [0.5, 0.6) is 0 Å². The van der Waals surface area contributed by atoms with Crippen LogP contribution in [0.3, 0.4) is 0 Å². The Morgan fingerprint density at radius 3 is 2.61 bits per heavy atom. The van der Waals surface area contributed by atoms with Crippen LogP contribution in [0.1, 0.15) is 0 Å². The molecule has 3 aromatic rings. The van der Waals surface area contributed by atoms with Crippen LogP contribution < -0.4 is 0 Å². The molecular formula is C12H6BrF2N3. The van der Waals surface area contributed by atoms with E-state index in [1.807, 2.05) is 6.07 Å². The molecule has 3 nitrogen and oxygen atoms in total. The number of nitrogens with one attached hydrogen (secondary N) is 1. The summed E-state index contributed by atoms with van der Waals surface area (Å²) in [4.78, 5) is 11.2. The van der Waals surface area contributed by atoms with E-state index in [1.165, 1.54) is 0 Å². The molecule has 0 spiro atoms. The number of nitrogens with zero attached hydrogens (tertiary/aromatic N) is 2. The smallest absolute Gasteiger partial charge is 0.161 e. The molecule has 0 radical (unpaired) electrons. The fraction of sp³-hybridized carbons (Fsp3) is 0. The Balaban J connectivity index is 2.16. The molecule has 0 amide bonds. The Morgan fingerprint density at radius 1 is 1.11 bits per heavy atom. The van der Waals surface area contributed by atoms with E-state index >= 15 is 0 Å². The second-order valence-electron chi connectivity index (χ2n) is 3.73. The lowest BCUT2D eigenvalue weighted by Crippen LogP contribution is -1.84. The topological polar surface area (TPSA) is 41.6 Å². The minimum absolute atomic E-state index is 0.369. The average molecular weight is 310 g/mol.